The van der Waals surface area contributed by atoms with E-state index in [1.165, 1.54) is 0 Å². The second-order valence-corrected chi connectivity index (χ2v) is 7.93. The van der Waals surface area contributed by atoms with Crippen molar-refractivity contribution in [1.29, 1.82) is 5.41 Å². The zero-order valence-electron chi connectivity index (χ0n) is 18.0. The Hall–Kier alpha value is -3.36. The summed E-state index contributed by atoms with van der Waals surface area (Å²) in [5, 5.41) is 24.6. The van der Waals surface area contributed by atoms with Gasteiger partial charge in [0.05, 0.1) is 35.4 Å². The fraction of sp³-hybridized carbons (Fsp3) is 0.261. The number of dihydropyridines is 1. The zero-order valence-corrected chi connectivity index (χ0v) is 18.7. The van der Waals surface area contributed by atoms with Gasteiger partial charge in [0.25, 0.3) is 0 Å². The van der Waals surface area contributed by atoms with Crippen LogP contribution < -0.4 is 5.32 Å². The molecule has 166 valence electrons. The molecule has 1 aliphatic rings. The summed E-state index contributed by atoms with van der Waals surface area (Å²) in [6.07, 6.45) is 10.2. The van der Waals surface area contributed by atoms with E-state index in [-0.39, 0.29) is 30.4 Å². The molecule has 32 heavy (non-hydrogen) atoms. The number of hydrogen-bond acceptors (Lipinski definition) is 7. The summed E-state index contributed by atoms with van der Waals surface area (Å²) in [7, 11) is 0. The number of halogens is 1. The number of aliphatic hydroxyl groups excluding tert-OH is 1. The number of carbonyl (C=O) groups is 1. The number of ketones is 1. The minimum Gasteiger partial charge on any atom is -0.396 e. The van der Waals surface area contributed by atoms with Crippen LogP contribution in [-0.4, -0.2) is 44.2 Å². The van der Waals surface area contributed by atoms with E-state index in [1.807, 2.05) is 26.0 Å². The Morgan fingerprint density at radius 2 is 2.25 bits per heavy atom. The summed E-state index contributed by atoms with van der Waals surface area (Å²) in [6, 6.07) is 1.97. The van der Waals surface area contributed by atoms with E-state index in [0.29, 0.717) is 23.0 Å². The summed E-state index contributed by atoms with van der Waals surface area (Å²) < 4.78 is 1.62. The second kappa shape index (κ2) is 10.3. The van der Waals surface area contributed by atoms with Gasteiger partial charge in [-0.05, 0) is 37.2 Å². The minimum atomic E-state index is -0.462. The van der Waals surface area contributed by atoms with Crippen molar-refractivity contribution in [1.82, 2.24) is 20.1 Å². The van der Waals surface area contributed by atoms with E-state index in [4.69, 9.17) is 22.1 Å². The van der Waals surface area contributed by atoms with E-state index >= 15 is 0 Å². The topological polar surface area (TPSA) is 116 Å². The first kappa shape index (κ1) is 23.3. The van der Waals surface area contributed by atoms with Gasteiger partial charge in [0.1, 0.15) is 0 Å². The lowest BCUT2D eigenvalue weighted by Crippen LogP contribution is -2.30. The molecule has 0 radical (unpaired) electrons. The van der Waals surface area contributed by atoms with Crippen LogP contribution in [0.3, 0.4) is 0 Å². The fourth-order valence-corrected chi connectivity index (χ4v) is 3.47. The molecule has 3 N–H and O–H groups in total. The van der Waals surface area contributed by atoms with E-state index in [1.54, 1.807) is 35.7 Å². The predicted octanol–water partition coefficient (Wildman–Crippen LogP) is 3.33. The van der Waals surface area contributed by atoms with E-state index in [2.05, 4.69) is 27.0 Å². The number of pyridine rings is 1. The number of Topliss-reactive ketones (excluding diaryl/α,β-unsaturated/α-hetero) is 1. The first-order valence-electron chi connectivity index (χ1n) is 10.0. The first-order valence-corrected chi connectivity index (χ1v) is 10.4. The smallest absolute Gasteiger partial charge is 0.223 e. The number of nitrogens with zero attached hydrogens (tertiary/aromatic N) is 4. The van der Waals surface area contributed by atoms with Crippen LogP contribution in [0.1, 0.15) is 24.5 Å². The van der Waals surface area contributed by atoms with Crippen LogP contribution in [-0.2, 0) is 11.3 Å². The largest absolute Gasteiger partial charge is 0.396 e. The molecule has 1 atom stereocenters. The molecule has 1 unspecified atom stereocenters. The summed E-state index contributed by atoms with van der Waals surface area (Å²) in [5.41, 5.74) is 3.43. The van der Waals surface area contributed by atoms with Crippen LogP contribution in [0.25, 0.3) is 5.82 Å². The molecule has 0 saturated carbocycles. The molecule has 0 amide bonds. The van der Waals surface area contributed by atoms with Gasteiger partial charge in [-0.3, -0.25) is 9.79 Å². The van der Waals surface area contributed by atoms with Crippen molar-refractivity contribution >= 4 is 29.3 Å². The van der Waals surface area contributed by atoms with Crippen molar-refractivity contribution in [2.45, 2.75) is 26.8 Å². The molecule has 2 aromatic heterocycles. The monoisotopic (exact) mass is 452 g/mol. The highest BCUT2D eigenvalue weighted by Gasteiger charge is 2.25. The van der Waals surface area contributed by atoms with Crippen molar-refractivity contribution in [3.05, 3.63) is 76.5 Å². The average Bonchev–Trinajstić information content (AvgIpc) is 3.19. The van der Waals surface area contributed by atoms with Gasteiger partial charge in [-0.25, -0.2) is 9.67 Å². The van der Waals surface area contributed by atoms with Crippen LogP contribution in [0.2, 0.25) is 5.02 Å². The number of rotatable bonds is 9. The Balaban J connectivity index is 1.84. The van der Waals surface area contributed by atoms with Crippen molar-refractivity contribution < 1.29 is 9.90 Å². The molecule has 0 fully saturated rings. The third-order valence-electron chi connectivity index (χ3n) is 4.91. The highest BCUT2D eigenvalue weighted by molar-refractivity contribution is 6.45. The van der Waals surface area contributed by atoms with Gasteiger partial charge in [-0.2, -0.15) is 5.10 Å². The highest BCUT2D eigenvalue weighted by Crippen LogP contribution is 2.25. The number of aromatic nitrogens is 3. The molecule has 3 heterocycles. The lowest BCUT2D eigenvalue weighted by molar-refractivity contribution is -0.110. The molecule has 0 bridgehead atoms. The van der Waals surface area contributed by atoms with Gasteiger partial charge in [-0.1, -0.05) is 29.8 Å². The third kappa shape index (κ3) is 5.27. The lowest BCUT2D eigenvalue weighted by atomic mass is 9.88. The number of allylic oxidation sites excluding steroid dienone is 4. The molecule has 9 heteroatoms. The molecule has 0 aliphatic carbocycles. The normalized spacial score (nSPS) is 15.8. The van der Waals surface area contributed by atoms with Gasteiger partial charge >= 0.3 is 0 Å². The maximum atomic E-state index is 12.7. The lowest BCUT2D eigenvalue weighted by Gasteiger charge is -2.23. The van der Waals surface area contributed by atoms with Gasteiger partial charge in [0.15, 0.2) is 5.82 Å². The average molecular weight is 453 g/mol. The van der Waals surface area contributed by atoms with Crippen molar-refractivity contribution in [3.8, 4) is 5.82 Å². The van der Waals surface area contributed by atoms with E-state index in [9.17, 15) is 4.79 Å². The SMILES string of the molecule is C=C(C)C1C=CNC(C(=O)C(=N)CCO)=C1C=NCc1cnc(-n2cc(Cl)cn2)c(C)c1. The number of nitrogens with one attached hydrogen (secondary N) is 2. The summed E-state index contributed by atoms with van der Waals surface area (Å²) in [6.45, 7) is 7.93. The maximum Gasteiger partial charge on any atom is 0.223 e. The van der Waals surface area contributed by atoms with Gasteiger partial charge in [-0.15, -0.1) is 0 Å². The number of aliphatic hydroxyl groups is 1. The molecule has 0 saturated heterocycles. The molecule has 8 nitrogen and oxygen atoms in total. The number of aliphatic imine (C=N–C) groups is 1. The minimum absolute atomic E-state index is 0.00531. The highest BCUT2D eigenvalue weighted by atomic mass is 35.5. The van der Waals surface area contributed by atoms with Gasteiger partial charge in [0, 0.05) is 36.9 Å². The maximum absolute atomic E-state index is 12.7. The molecule has 0 aromatic carbocycles. The van der Waals surface area contributed by atoms with Crippen molar-refractivity contribution in [3.63, 3.8) is 0 Å². The van der Waals surface area contributed by atoms with Gasteiger partial charge in [0.2, 0.25) is 5.78 Å². The fourth-order valence-electron chi connectivity index (χ4n) is 3.34. The summed E-state index contributed by atoms with van der Waals surface area (Å²) >= 11 is 5.94. The number of aryl methyl sites for hydroxylation is 1. The third-order valence-corrected chi connectivity index (χ3v) is 5.11. The number of hydrogen-bond donors (Lipinski definition) is 3. The molecular weight excluding hydrogens is 428 g/mol. The van der Waals surface area contributed by atoms with E-state index in [0.717, 1.165) is 16.7 Å². The molecule has 1 aliphatic heterocycles. The molecule has 3 rings (SSSR count). The second-order valence-electron chi connectivity index (χ2n) is 7.50. The first-order chi connectivity index (χ1) is 15.3. The molecular formula is C23H25ClN6O2. The van der Waals surface area contributed by atoms with Crippen LogP contribution in [0.15, 0.2) is 65.3 Å². The Morgan fingerprint density at radius 3 is 2.88 bits per heavy atom. The quantitative estimate of drug-likeness (QED) is 0.398. The van der Waals surface area contributed by atoms with Crippen LogP contribution in [0, 0.1) is 18.3 Å². The Labute approximate surface area is 191 Å². The predicted molar refractivity (Wildman–Crippen MR) is 125 cm³/mol. The van der Waals surface area contributed by atoms with Crippen LogP contribution in [0.4, 0.5) is 0 Å². The Kier molecular flexibility index (Phi) is 7.50. The van der Waals surface area contributed by atoms with Crippen LogP contribution >= 0.6 is 11.6 Å². The number of carbonyl (C=O) groups excluding carboxylic acids is 1. The van der Waals surface area contributed by atoms with Crippen molar-refractivity contribution in [2.24, 2.45) is 10.9 Å². The van der Waals surface area contributed by atoms with E-state index < -0.39 is 5.78 Å². The summed E-state index contributed by atoms with van der Waals surface area (Å²) in [4.78, 5) is 21.7. The van der Waals surface area contributed by atoms with Gasteiger partial charge < -0.3 is 15.8 Å². The Bertz CT molecular complexity index is 1150. The zero-order chi connectivity index (χ0) is 23.3. The molecule has 0 spiro atoms. The van der Waals surface area contributed by atoms with Crippen LogP contribution in [0.5, 0.6) is 0 Å². The Morgan fingerprint density at radius 1 is 1.47 bits per heavy atom. The standard InChI is InChI=1S/C23H25ClN6O2/c1-14(2)18-4-6-27-21(22(32)20(25)5-7-31)19(18)12-26-9-16-8-15(3)23(28-10-16)30-13-17(24)11-29-30/h4,6,8,10-13,18,25,27,31H,1,5,7,9H2,2-3H3. The molecule has 2 aromatic rings. The summed E-state index contributed by atoms with van der Waals surface area (Å²) in [5.74, 6) is 0.0232. The van der Waals surface area contributed by atoms with Crippen molar-refractivity contribution in [2.75, 3.05) is 6.61 Å².